The predicted molar refractivity (Wildman–Crippen MR) is 91.3 cm³/mol. The summed E-state index contributed by atoms with van der Waals surface area (Å²) in [5.41, 5.74) is 1.22. The lowest BCUT2D eigenvalue weighted by Crippen LogP contribution is -2.37. The fourth-order valence-corrected chi connectivity index (χ4v) is 2.89. The fraction of sp³-hybridized carbons (Fsp3) is 0.250. The normalized spacial score (nSPS) is 13.4. The number of aromatic nitrogens is 1. The van der Waals surface area contributed by atoms with Gasteiger partial charge in [-0.05, 0) is 5.56 Å². The molecule has 0 spiro atoms. The summed E-state index contributed by atoms with van der Waals surface area (Å²) >= 11 is 1.27. The third-order valence-corrected chi connectivity index (χ3v) is 4.28. The molecule has 130 valence electrons. The van der Waals surface area contributed by atoms with Gasteiger partial charge in [0.2, 0.25) is 0 Å². The van der Waals surface area contributed by atoms with Crippen molar-refractivity contribution in [2.24, 2.45) is 0 Å². The van der Waals surface area contributed by atoms with Crippen LogP contribution in [0.3, 0.4) is 0 Å². The first kappa shape index (κ1) is 16.9. The number of ether oxygens (including phenoxy) is 1. The van der Waals surface area contributed by atoms with Crippen molar-refractivity contribution in [2.45, 2.75) is 6.54 Å². The largest absolute Gasteiger partial charge is 0.451 e. The van der Waals surface area contributed by atoms with Gasteiger partial charge in [-0.3, -0.25) is 9.69 Å². The number of hydrogen-bond donors (Lipinski definition) is 2. The molecule has 2 N–H and O–H groups in total. The zero-order valence-corrected chi connectivity index (χ0v) is 14.0. The van der Waals surface area contributed by atoms with Crippen LogP contribution in [0, 0.1) is 0 Å². The van der Waals surface area contributed by atoms with E-state index in [1.807, 2.05) is 30.3 Å². The zero-order chi connectivity index (χ0) is 17.6. The summed E-state index contributed by atoms with van der Waals surface area (Å²) in [4.78, 5) is 40.3. The summed E-state index contributed by atoms with van der Waals surface area (Å²) in [5, 5.41) is 7.77. The number of carbonyl (C=O) groups excluding carboxylic acids is 3. The van der Waals surface area contributed by atoms with Crippen LogP contribution >= 0.6 is 11.3 Å². The minimum atomic E-state index is -0.697. The molecule has 0 atom stereocenters. The van der Waals surface area contributed by atoms with Crippen molar-refractivity contribution in [3.05, 3.63) is 47.0 Å². The van der Waals surface area contributed by atoms with Crippen LogP contribution in [0.15, 0.2) is 35.7 Å². The maximum Gasteiger partial charge on any atom is 0.358 e. The van der Waals surface area contributed by atoms with Crippen molar-refractivity contribution >= 4 is 34.4 Å². The zero-order valence-electron chi connectivity index (χ0n) is 13.2. The lowest BCUT2D eigenvalue weighted by Gasteiger charge is -2.11. The Hall–Kier alpha value is -2.94. The van der Waals surface area contributed by atoms with Crippen LogP contribution in [0.1, 0.15) is 16.1 Å². The summed E-state index contributed by atoms with van der Waals surface area (Å²) in [5.74, 6) is -1.25. The van der Waals surface area contributed by atoms with Gasteiger partial charge in [0.15, 0.2) is 17.4 Å². The Kier molecular flexibility index (Phi) is 5.24. The molecule has 1 saturated heterocycles. The highest BCUT2D eigenvalue weighted by Crippen LogP contribution is 2.17. The van der Waals surface area contributed by atoms with Crippen molar-refractivity contribution in [2.75, 3.05) is 25.0 Å². The second-order valence-corrected chi connectivity index (χ2v) is 6.09. The number of imide groups is 1. The number of anilines is 1. The number of nitrogens with zero attached hydrogens (tertiary/aromatic N) is 2. The molecule has 9 heteroatoms. The molecule has 0 bridgehead atoms. The molecule has 3 amide bonds. The van der Waals surface area contributed by atoms with Crippen molar-refractivity contribution < 1.29 is 19.1 Å². The van der Waals surface area contributed by atoms with Crippen molar-refractivity contribution in [3.8, 4) is 0 Å². The number of rotatable bonds is 6. The van der Waals surface area contributed by atoms with E-state index in [4.69, 9.17) is 4.74 Å². The maximum absolute atomic E-state index is 12.0. The van der Waals surface area contributed by atoms with Crippen LogP contribution < -0.4 is 10.6 Å². The first-order valence-corrected chi connectivity index (χ1v) is 8.50. The molecule has 2 aromatic rings. The number of nitrogens with one attached hydrogen (secondary N) is 2. The molecular weight excluding hydrogens is 344 g/mol. The molecule has 1 fully saturated rings. The van der Waals surface area contributed by atoms with Crippen molar-refractivity contribution in [1.82, 2.24) is 15.2 Å². The van der Waals surface area contributed by atoms with Crippen LogP contribution in [-0.2, 0) is 16.1 Å². The lowest BCUT2D eigenvalue weighted by molar-refractivity contribution is -0.130. The van der Waals surface area contributed by atoms with Gasteiger partial charge in [0.1, 0.15) is 0 Å². The van der Waals surface area contributed by atoms with Crippen molar-refractivity contribution in [1.29, 1.82) is 0 Å². The molecule has 0 aliphatic carbocycles. The fourth-order valence-electron chi connectivity index (χ4n) is 2.21. The number of esters is 1. The van der Waals surface area contributed by atoms with E-state index in [0.717, 1.165) is 10.5 Å². The van der Waals surface area contributed by atoms with Crippen LogP contribution in [-0.4, -0.2) is 47.5 Å². The Morgan fingerprint density at radius 3 is 2.84 bits per heavy atom. The van der Waals surface area contributed by atoms with E-state index in [1.54, 1.807) is 5.38 Å². The Balaban J connectivity index is 1.48. The second kappa shape index (κ2) is 7.75. The summed E-state index contributed by atoms with van der Waals surface area (Å²) < 4.78 is 4.93. The third-order valence-electron chi connectivity index (χ3n) is 3.48. The number of amides is 3. The average molecular weight is 360 g/mol. The molecule has 0 radical (unpaired) electrons. The molecule has 0 unspecified atom stereocenters. The molecular formula is C16H16N4O4S. The van der Waals surface area contributed by atoms with Crippen LogP contribution in [0.2, 0.25) is 0 Å². The van der Waals surface area contributed by atoms with Gasteiger partial charge in [0.25, 0.3) is 5.91 Å². The molecule has 3 rings (SSSR count). The molecule has 1 aromatic carbocycles. The molecule has 1 aromatic heterocycles. The van der Waals surface area contributed by atoms with E-state index in [-0.39, 0.29) is 12.2 Å². The van der Waals surface area contributed by atoms with Gasteiger partial charge < -0.3 is 15.4 Å². The van der Waals surface area contributed by atoms with Gasteiger partial charge in [-0.25, -0.2) is 14.6 Å². The van der Waals surface area contributed by atoms with Gasteiger partial charge in [-0.15, -0.1) is 11.3 Å². The highest BCUT2D eigenvalue weighted by molar-refractivity contribution is 7.13. The molecule has 25 heavy (non-hydrogen) atoms. The minimum Gasteiger partial charge on any atom is -0.451 e. The standard InChI is InChI=1S/C16H16N4O4S/c21-13(20-7-6-17-16(20)23)9-24-14(22)12-10-25-15(19-12)18-8-11-4-2-1-3-5-11/h1-5,10H,6-9H2,(H,17,23)(H,18,19). The van der Waals surface area contributed by atoms with Gasteiger partial charge in [0, 0.05) is 25.0 Å². The molecule has 0 saturated carbocycles. The third kappa shape index (κ3) is 4.32. The monoisotopic (exact) mass is 360 g/mol. The quantitative estimate of drug-likeness (QED) is 0.757. The first-order valence-electron chi connectivity index (χ1n) is 7.62. The van der Waals surface area contributed by atoms with Gasteiger partial charge in [0.05, 0.1) is 0 Å². The lowest BCUT2D eigenvalue weighted by atomic mass is 10.2. The van der Waals surface area contributed by atoms with Crippen LogP contribution in [0.4, 0.5) is 9.93 Å². The van der Waals surface area contributed by atoms with E-state index in [9.17, 15) is 14.4 Å². The highest BCUT2D eigenvalue weighted by atomic mass is 32.1. The molecule has 1 aliphatic heterocycles. The second-order valence-electron chi connectivity index (χ2n) is 5.23. The smallest absolute Gasteiger partial charge is 0.358 e. The highest BCUT2D eigenvalue weighted by Gasteiger charge is 2.27. The Bertz CT molecular complexity index is 777. The Morgan fingerprint density at radius 2 is 2.12 bits per heavy atom. The number of urea groups is 1. The van der Waals surface area contributed by atoms with E-state index >= 15 is 0 Å². The van der Waals surface area contributed by atoms with Gasteiger partial charge in [-0.2, -0.15) is 0 Å². The summed E-state index contributed by atoms with van der Waals surface area (Å²) in [7, 11) is 0. The van der Waals surface area contributed by atoms with E-state index in [1.165, 1.54) is 11.3 Å². The van der Waals surface area contributed by atoms with Gasteiger partial charge in [-0.1, -0.05) is 30.3 Å². The Morgan fingerprint density at radius 1 is 1.32 bits per heavy atom. The number of thiazole rings is 1. The number of hydrogen-bond acceptors (Lipinski definition) is 7. The van der Waals surface area contributed by atoms with Gasteiger partial charge >= 0.3 is 12.0 Å². The van der Waals surface area contributed by atoms with E-state index in [0.29, 0.717) is 18.2 Å². The summed E-state index contributed by atoms with van der Waals surface area (Å²) in [6.45, 7) is 0.780. The van der Waals surface area contributed by atoms with E-state index < -0.39 is 24.5 Å². The molecule has 2 heterocycles. The first-order chi connectivity index (χ1) is 12.1. The number of carbonyl (C=O) groups is 3. The predicted octanol–water partition coefficient (Wildman–Crippen LogP) is 1.46. The van der Waals surface area contributed by atoms with E-state index in [2.05, 4.69) is 15.6 Å². The van der Waals surface area contributed by atoms with Crippen molar-refractivity contribution in [3.63, 3.8) is 0 Å². The summed E-state index contributed by atoms with van der Waals surface area (Å²) in [6, 6.07) is 9.32. The van der Waals surface area contributed by atoms with Crippen LogP contribution in [0.5, 0.6) is 0 Å². The molecule has 1 aliphatic rings. The SMILES string of the molecule is O=C(OCC(=O)N1CCNC1=O)c1csc(NCc2ccccc2)n1. The summed E-state index contributed by atoms with van der Waals surface area (Å²) in [6.07, 6.45) is 0. The maximum atomic E-state index is 12.0. The van der Waals surface area contributed by atoms with Crippen LogP contribution in [0.25, 0.3) is 0 Å². The number of benzene rings is 1. The Labute approximate surface area is 147 Å². The minimum absolute atomic E-state index is 0.124. The topological polar surface area (TPSA) is 101 Å². The molecule has 8 nitrogen and oxygen atoms in total. The average Bonchev–Trinajstić information content (AvgIpc) is 3.27.